The molecule has 0 radical (unpaired) electrons. The number of hydrogen-bond acceptors (Lipinski definition) is 3. The summed E-state index contributed by atoms with van der Waals surface area (Å²) in [5.74, 6) is 1.30. The molecule has 0 heterocycles. The van der Waals surface area contributed by atoms with Crippen molar-refractivity contribution in [2.24, 2.45) is 5.92 Å². The Bertz CT molecular complexity index is 374. The van der Waals surface area contributed by atoms with E-state index in [-0.39, 0.29) is 5.78 Å². The highest BCUT2D eigenvalue weighted by Gasteiger charge is 2.06. The third-order valence-corrected chi connectivity index (χ3v) is 2.45. The third kappa shape index (κ3) is 5.00. The number of ether oxygens (including phenoxy) is 1. The van der Waals surface area contributed by atoms with Crippen LogP contribution in [0.5, 0.6) is 5.75 Å². The molecule has 0 saturated heterocycles. The molecule has 0 aliphatic carbocycles. The first-order valence-electron chi connectivity index (χ1n) is 5.87. The highest BCUT2D eigenvalue weighted by Crippen LogP contribution is 2.14. The van der Waals surface area contributed by atoms with Crippen molar-refractivity contribution in [2.45, 2.75) is 13.8 Å². The fraction of sp³-hybridized carbons (Fsp3) is 0.500. The van der Waals surface area contributed by atoms with Crippen molar-refractivity contribution in [2.75, 3.05) is 27.2 Å². The SMILES string of the molecule is CC(=O)c1cccc(OCC(C)CN(C)C)c1. The molecule has 0 aliphatic heterocycles. The van der Waals surface area contributed by atoms with Crippen LogP contribution in [0.3, 0.4) is 0 Å². The summed E-state index contributed by atoms with van der Waals surface area (Å²) in [4.78, 5) is 13.4. The summed E-state index contributed by atoms with van der Waals surface area (Å²) >= 11 is 0. The van der Waals surface area contributed by atoms with Gasteiger partial charge in [-0.15, -0.1) is 0 Å². The van der Waals surface area contributed by atoms with Gasteiger partial charge in [0.2, 0.25) is 0 Å². The Morgan fingerprint density at radius 2 is 2.12 bits per heavy atom. The van der Waals surface area contributed by atoms with E-state index in [1.165, 1.54) is 0 Å². The van der Waals surface area contributed by atoms with Gasteiger partial charge in [-0.2, -0.15) is 0 Å². The zero-order valence-corrected chi connectivity index (χ0v) is 11.1. The lowest BCUT2D eigenvalue weighted by atomic mass is 10.1. The van der Waals surface area contributed by atoms with E-state index in [9.17, 15) is 4.79 Å². The van der Waals surface area contributed by atoms with Crippen LogP contribution in [0.25, 0.3) is 0 Å². The smallest absolute Gasteiger partial charge is 0.159 e. The fourth-order valence-corrected chi connectivity index (χ4v) is 1.72. The number of Topliss-reactive ketones (excluding diaryl/α,β-unsaturated/α-hetero) is 1. The van der Waals surface area contributed by atoms with Crippen LogP contribution in [0.15, 0.2) is 24.3 Å². The second-order valence-electron chi connectivity index (χ2n) is 4.76. The molecular weight excluding hydrogens is 214 g/mol. The van der Waals surface area contributed by atoms with Crippen molar-refractivity contribution in [3.05, 3.63) is 29.8 Å². The number of hydrogen-bond donors (Lipinski definition) is 0. The zero-order valence-electron chi connectivity index (χ0n) is 11.1. The van der Waals surface area contributed by atoms with Crippen LogP contribution >= 0.6 is 0 Å². The Morgan fingerprint density at radius 1 is 1.41 bits per heavy atom. The zero-order chi connectivity index (χ0) is 12.8. The largest absolute Gasteiger partial charge is 0.493 e. The molecule has 94 valence electrons. The number of nitrogens with zero attached hydrogens (tertiary/aromatic N) is 1. The summed E-state index contributed by atoms with van der Waals surface area (Å²) in [7, 11) is 4.10. The predicted octanol–water partition coefficient (Wildman–Crippen LogP) is 2.47. The van der Waals surface area contributed by atoms with Crippen molar-refractivity contribution >= 4 is 5.78 Å². The second-order valence-corrected chi connectivity index (χ2v) is 4.76. The minimum Gasteiger partial charge on any atom is -0.493 e. The molecule has 0 spiro atoms. The Hall–Kier alpha value is -1.35. The maximum absolute atomic E-state index is 11.2. The van der Waals surface area contributed by atoms with Crippen LogP contribution in [-0.2, 0) is 0 Å². The van der Waals surface area contributed by atoms with Gasteiger partial charge in [-0.25, -0.2) is 0 Å². The molecule has 1 unspecified atom stereocenters. The average molecular weight is 235 g/mol. The summed E-state index contributed by atoms with van der Waals surface area (Å²) < 4.78 is 5.68. The van der Waals surface area contributed by atoms with Crippen molar-refractivity contribution in [3.8, 4) is 5.75 Å². The van der Waals surface area contributed by atoms with Gasteiger partial charge in [-0.3, -0.25) is 4.79 Å². The Balaban J connectivity index is 2.51. The van der Waals surface area contributed by atoms with E-state index in [1.54, 1.807) is 19.1 Å². The normalized spacial score (nSPS) is 12.5. The van der Waals surface area contributed by atoms with Crippen LogP contribution in [-0.4, -0.2) is 37.9 Å². The Morgan fingerprint density at radius 3 is 2.71 bits per heavy atom. The number of benzene rings is 1. The van der Waals surface area contributed by atoms with Crippen molar-refractivity contribution in [1.82, 2.24) is 4.90 Å². The molecule has 0 N–H and O–H groups in total. The molecule has 17 heavy (non-hydrogen) atoms. The first kappa shape index (κ1) is 13.7. The van der Waals surface area contributed by atoms with E-state index >= 15 is 0 Å². The van der Waals surface area contributed by atoms with Crippen molar-refractivity contribution in [3.63, 3.8) is 0 Å². The van der Waals surface area contributed by atoms with Gasteiger partial charge < -0.3 is 9.64 Å². The van der Waals surface area contributed by atoms with Crippen molar-refractivity contribution in [1.29, 1.82) is 0 Å². The minimum atomic E-state index is 0.0665. The van der Waals surface area contributed by atoms with Gasteiger partial charge in [0.25, 0.3) is 0 Å². The lowest BCUT2D eigenvalue weighted by molar-refractivity contribution is 0.101. The fourth-order valence-electron chi connectivity index (χ4n) is 1.72. The predicted molar refractivity (Wildman–Crippen MR) is 69.7 cm³/mol. The molecule has 3 nitrogen and oxygen atoms in total. The van der Waals surface area contributed by atoms with E-state index < -0.39 is 0 Å². The van der Waals surface area contributed by atoms with E-state index in [2.05, 4.69) is 11.8 Å². The van der Waals surface area contributed by atoms with Gasteiger partial charge in [0.1, 0.15) is 5.75 Å². The topological polar surface area (TPSA) is 29.5 Å². The van der Waals surface area contributed by atoms with Gasteiger partial charge in [-0.05, 0) is 33.2 Å². The first-order valence-corrected chi connectivity index (χ1v) is 5.87. The number of rotatable bonds is 6. The molecule has 3 heteroatoms. The molecule has 0 bridgehead atoms. The van der Waals surface area contributed by atoms with Gasteiger partial charge >= 0.3 is 0 Å². The second kappa shape index (κ2) is 6.40. The Kier molecular flexibility index (Phi) is 5.16. The maximum atomic E-state index is 11.2. The van der Waals surface area contributed by atoms with Crippen molar-refractivity contribution < 1.29 is 9.53 Å². The van der Waals surface area contributed by atoms with Gasteiger partial charge in [0.15, 0.2) is 5.78 Å². The molecule has 0 saturated carbocycles. The van der Waals surface area contributed by atoms with E-state index in [1.807, 2.05) is 26.2 Å². The van der Waals surface area contributed by atoms with Crippen LogP contribution < -0.4 is 4.74 Å². The van der Waals surface area contributed by atoms with Gasteiger partial charge in [-0.1, -0.05) is 19.1 Å². The van der Waals surface area contributed by atoms with Crippen LogP contribution in [0, 0.1) is 5.92 Å². The summed E-state index contributed by atoms with van der Waals surface area (Å²) in [6.45, 7) is 5.37. The highest BCUT2D eigenvalue weighted by atomic mass is 16.5. The van der Waals surface area contributed by atoms with E-state index in [0.29, 0.717) is 18.1 Å². The van der Waals surface area contributed by atoms with Crippen LogP contribution in [0.2, 0.25) is 0 Å². The number of carbonyl (C=O) groups is 1. The molecule has 1 rings (SSSR count). The molecule has 0 fully saturated rings. The summed E-state index contributed by atoms with van der Waals surface area (Å²) in [5.41, 5.74) is 0.697. The lowest BCUT2D eigenvalue weighted by Gasteiger charge is -2.17. The maximum Gasteiger partial charge on any atom is 0.159 e. The van der Waals surface area contributed by atoms with E-state index in [4.69, 9.17) is 4.74 Å². The van der Waals surface area contributed by atoms with Crippen LogP contribution in [0.1, 0.15) is 24.2 Å². The number of carbonyl (C=O) groups excluding carboxylic acids is 1. The standard InChI is InChI=1S/C14H21NO2/c1-11(9-15(3)4)10-17-14-7-5-6-13(8-14)12(2)16/h5-8,11H,9-10H2,1-4H3. The average Bonchev–Trinajstić information content (AvgIpc) is 2.26. The quantitative estimate of drug-likeness (QED) is 0.709. The third-order valence-electron chi connectivity index (χ3n) is 2.45. The van der Waals surface area contributed by atoms with Gasteiger partial charge in [0, 0.05) is 18.0 Å². The highest BCUT2D eigenvalue weighted by molar-refractivity contribution is 5.94. The lowest BCUT2D eigenvalue weighted by Crippen LogP contribution is -2.24. The molecule has 0 aliphatic rings. The van der Waals surface area contributed by atoms with Crippen LogP contribution in [0.4, 0.5) is 0 Å². The first-order chi connectivity index (χ1) is 7.99. The number of ketones is 1. The van der Waals surface area contributed by atoms with E-state index in [0.717, 1.165) is 12.3 Å². The minimum absolute atomic E-state index is 0.0665. The Labute approximate surface area is 103 Å². The molecule has 0 aromatic heterocycles. The van der Waals surface area contributed by atoms with Gasteiger partial charge in [0.05, 0.1) is 6.61 Å². The molecular formula is C14H21NO2. The monoisotopic (exact) mass is 235 g/mol. The molecule has 0 amide bonds. The molecule has 1 atom stereocenters. The summed E-state index contributed by atoms with van der Waals surface area (Å²) in [6.07, 6.45) is 0. The summed E-state index contributed by atoms with van der Waals surface area (Å²) in [5, 5.41) is 0. The summed E-state index contributed by atoms with van der Waals surface area (Å²) in [6, 6.07) is 7.33. The molecule has 1 aromatic rings. The molecule has 1 aromatic carbocycles.